The van der Waals surface area contributed by atoms with Crippen LogP contribution in [0.4, 0.5) is 0 Å². The van der Waals surface area contributed by atoms with Crippen molar-refractivity contribution in [1.29, 1.82) is 0 Å². The van der Waals surface area contributed by atoms with E-state index < -0.39 is 0 Å². The van der Waals surface area contributed by atoms with Gasteiger partial charge < -0.3 is 15.0 Å². The van der Waals surface area contributed by atoms with Gasteiger partial charge in [-0.1, -0.05) is 6.07 Å². The van der Waals surface area contributed by atoms with Crippen molar-refractivity contribution in [1.82, 2.24) is 20.0 Å². The Labute approximate surface area is 101 Å². The van der Waals surface area contributed by atoms with Crippen molar-refractivity contribution < 1.29 is 0 Å². The van der Waals surface area contributed by atoms with Gasteiger partial charge in [-0.2, -0.15) is 0 Å². The van der Waals surface area contributed by atoms with Gasteiger partial charge in [0.25, 0.3) is 0 Å². The van der Waals surface area contributed by atoms with E-state index in [1.54, 1.807) is 7.05 Å². The Morgan fingerprint density at radius 2 is 2.24 bits per heavy atom. The Morgan fingerprint density at radius 1 is 1.41 bits per heavy atom. The first kappa shape index (κ1) is 11.4. The maximum Gasteiger partial charge on any atom is 0.191 e. The maximum absolute atomic E-state index is 4.51. The second kappa shape index (κ2) is 4.86. The molecule has 2 heterocycles. The largest absolute Gasteiger partial charge is 0.359 e. The normalized spacial score (nSPS) is 11.8. The molecule has 0 bridgehead atoms. The molecule has 0 aliphatic carbocycles. The van der Waals surface area contributed by atoms with E-state index in [0.29, 0.717) is 6.54 Å². The van der Waals surface area contributed by atoms with E-state index in [1.165, 1.54) is 5.56 Å². The number of nitrogens with zero attached hydrogens (tertiary/aromatic N) is 3. The number of rotatable bonds is 2. The number of nitrogens with one attached hydrogen (secondary N) is 2. The Balaban J connectivity index is 2.14. The summed E-state index contributed by atoms with van der Waals surface area (Å²) in [6.07, 6.45) is 4.09. The number of imidazole rings is 1. The van der Waals surface area contributed by atoms with Crippen LogP contribution in [0.3, 0.4) is 0 Å². The standard InChI is InChI=1S/C12H17N5/c1-9-4-5-11-16-10(8-17(11)7-9)6-15-12(13-2)14-3/h4-5,7-8H,6H2,1-3H3,(H2,13,14,15). The second-order valence-corrected chi connectivity index (χ2v) is 3.88. The maximum atomic E-state index is 4.51. The first-order chi connectivity index (χ1) is 8.22. The van der Waals surface area contributed by atoms with Crippen molar-refractivity contribution in [2.24, 2.45) is 4.99 Å². The summed E-state index contributed by atoms with van der Waals surface area (Å²) in [6, 6.07) is 4.08. The summed E-state index contributed by atoms with van der Waals surface area (Å²) in [5.41, 5.74) is 3.18. The molecule has 2 rings (SSSR count). The van der Waals surface area contributed by atoms with Gasteiger partial charge in [-0.3, -0.25) is 4.99 Å². The number of fused-ring (bicyclic) bond motifs is 1. The number of pyridine rings is 1. The minimum absolute atomic E-state index is 0.661. The molecular formula is C12H17N5. The van der Waals surface area contributed by atoms with Crippen LogP contribution in [0.2, 0.25) is 0 Å². The van der Waals surface area contributed by atoms with Crippen molar-refractivity contribution in [3.8, 4) is 0 Å². The van der Waals surface area contributed by atoms with E-state index in [-0.39, 0.29) is 0 Å². The molecule has 0 aliphatic heterocycles. The average Bonchev–Trinajstić information content (AvgIpc) is 2.72. The summed E-state index contributed by atoms with van der Waals surface area (Å²) < 4.78 is 2.04. The predicted octanol–water partition coefficient (Wildman–Crippen LogP) is 0.938. The Morgan fingerprint density at radius 3 is 2.94 bits per heavy atom. The zero-order valence-electron chi connectivity index (χ0n) is 10.4. The first-order valence-electron chi connectivity index (χ1n) is 5.55. The molecule has 90 valence electrons. The number of aliphatic imine (C=N–C) groups is 1. The third-order valence-corrected chi connectivity index (χ3v) is 2.55. The molecule has 0 radical (unpaired) electrons. The molecule has 2 aromatic heterocycles. The highest BCUT2D eigenvalue weighted by Crippen LogP contribution is 2.06. The van der Waals surface area contributed by atoms with Gasteiger partial charge >= 0.3 is 0 Å². The topological polar surface area (TPSA) is 53.7 Å². The quantitative estimate of drug-likeness (QED) is 0.597. The lowest BCUT2D eigenvalue weighted by Crippen LogP contribution is -2.34. The zero-order chi connectivity index (χ0) is 12.3. The van der Waals surface area contributed by atoms with Crippen LogP contribution < -0.4 is 10.6 Å². The van der Waals surface area contributed by atoms with Gasteiger partial charge in [0.05, 0.1) is 12.2 Å². The molecule has 2 aromatic rings. The minimum atomic E-state index is 0.661. The monoisotopic (exact) mass is 231 g/mol. The molecule has 0 saturated heterocycles. The Bertz CT molecular complexity index is 541. The van der Waals surface area contributed by atoms with Gasteiger partial charge in [0.15, 0.2) is 5.96 Å². The number of aromatic nitrogens is 2. The highest BCUT2D eigenvalue weighted by molar-refractivity contribution is 5.79. The molecule has 0 unspecified atom stereocenters. The van der Waals surface area contributed by atoms with Crippen molar-refractivity contribution in [2.45, 2.75) is 13.5 Å². The highest BCUT2D eigenvalue weighted by Gasteiger charge is 2.02. The van der Waals surface area contributed by atoms with Crippen LogP contribution in [0.5, 0.6) is 0 Å². The van der Waals surface area contributed by atoms with Gasteiger partial charge in [0.1, 0.15) is 5.65 Å². The average molecular weight is 231 g/mol. The smallest absolute Gasteiger partial charge is 0.191 e. The third-order valence-electron chi connectivity index (χ3n) is 2.55. The van der Waals surface area contributed by atoms with E-state index in [9.17, 15) is 0 Å². The second-order valence-electron chi connectivity index (χ2n) is 3.88. The predicted molar refractivity (Wildman–Crippen MR) is 69.2 cm³/mol. The summed E-state index contributed by atoms with van der Waals surface area (Å²) in [5, 5.41) is 6.14. The van der Waals surface area contributed by atoms with Crippen LogP contribution >= 0.6 is 0 Å². The molecule has 5 heteroatoms. The molecule has 0 saturated carbocycles. The van der Waals surface area contributed by atoms with Crippen LogP contribution in [-0.2, 0) is 6.54 Å². The van der Waals surface area contributed by atoms with Crippen molar-refractivity contribution in [3.05, 3.63) is 35.8 Å². The van der Waals surface area contributed by atoms with E-state index >= 15 is 0 Å². The number of hydrogen-bond donors (Lipinski definition) is 2. The molecule has 0 amide bonds. The van der Waals surface area contributed by atoms with Gasteiger partial charge in [0, 0.05) is 26.5 Å². The van der Waals surface area contributed by atoms with Crippen molar-refractivity contribution in [3.63, 3.8) is 0 Å². The Kier molecular flexibility index (Phi) is 3.27. The van der Waals surface area contributed by atoms with Crippen LogP contribution in [0.15, 0.2) is 29.5 Å². The van der Waals surface area contributed by atoms with Gasteiger partial charge in [-0.25, -0.2) is 4.98 Å². The number of guanidine groups is 1. The number of aryl methyl sites for hydroxylation is 1. The van der Waals surface area contributed by atoms with Crippen molar-refractivity contribution in [2.75, 3.05) is 14.1 Å². The Hall–Kier alpha value is -2.04. The summed E-state index contributed by atoms with van der Waals surface area (Å²) in [5.74, 6) is 0.762. The lowest BCUT2D eigenvalue weighted by atomic mass is 10.3. The van der Waals surface area contributed by atoms with E-state index in [0.717, 1.165) is 17.3 Å². The molecule has 5 nitrogen and oxygen atoms in total. The fourth-order valence-electron chi connectivity index (χ4n) is 1.69. The molecular weight excluding hydrogens is 214 g/mol. The minimum Gasteiger partial charge on any atom is -0.359 e. The molecule has 0 aromatic carbocycles. The summed E-state index contributed by atoms with van der Waals surface area (Å²) >= 11 is 0. The molecule has 2 N–H and O–H groups in total. The molecule has 0 aliphatic rings. The summed E-state index contributed by atoms with van der Waals surface area (Å²) in [4.78, 5) is 8.56. The molecule has 0 spiro atoms. The summed E-state index contributed by atoms with van der Waals surface area (Å²) in [6.45, 7) is 2.73. The lowest BCUT2D eigenvalue weighted by Gasteiger charge is -2.05. The fraction of sp³-hybridized carbons (Fsp3) is 0.333. The third kappa shape index (κ3) is 2.55. The molecule has 0 fully saturated rings. The fourth-order valence-corrected chi connectivity index (χ4v) is 1.69. The van der Waals surface area contributed by atoms with Gasteiger partial charge in [0.2, 0.25) is 0 Å². The van der Waals surface area contributed by atoms with Crippen LogP contribution in [0.1, 0.15) is 11.3 Å². The number of hydrogen-bond acceptors (Lipinski definition) is 2. The molecule has 0 atom stereocenters. The highest BCUT2D eigenvalue weighted by atomic mass is 15.2. The lowest BCUT2D eigenvalue weighted by molar-refractivity contribution is 0.845. The van der Waals surface area contributed by atoms with Crippen LogP contribution in [0, 0.1) is 6.92 Å². The first-order valence-corrected chi connectivity index (χ1v) is 5.55. The molecule has 17 heavy (non-hydrogen) atoms. The zero-order valence-corrected chi connectivity index (χ0v) is 10.4. The van der Waals surface area contributed by atoms with E-state index in [1.807, 2.05) is 23.7 Å². The van der Waals surface area contributed by atoms with E-state index in [2.05, 4.69) is 39.8 Å². The van der Waals surface area contributed by atoms with Gasteiger partial charge in [-0.15, -0.1) is 0 Å². The van der Waals surface area contributed by atoms with E-state index in [4.69, 9.17) is 0 Å². The summed E-state index contributed by atoms with van der Waals surface area (Å²) in [7, 11) is 3.58. The van der Waals surface area contributed by atoms with Crippen LogP contribution in [-0.4, -0.2) is 29.4 Å². The van der Waals surface area contributed by atoms with Crippen LogP contribution in [0.25, 0.3) is 5.65 Å². The van der Waals surface area contributed by atoms with Gasteiger partial charge in [-0.05, 0) is 18.6 Å². The SMILES string of the molecule is CN=C(NC)NCc1cn2cc(C)ccc2n1. The van der Waals surface area contributed by atoms with Crippen molar-refractivity contribution >= 4 is 11.6 Å².